The van der Waals surface area contributed by atoms with Crippen LogP contribution in [0.25, 0.3) is 0 Å². The van der Waals surface area contributed by atoms with E-state index in [2.05, 4.69) is 0 Å². The van der Waals surface area contributed by atoms with Gasteiger partial charge in [0.25, 0.3) is 5.91 Å². The Hall–Kier alpha value is -4.00. The fourth-order valence-corrected chi connectivity index (χ4v) is 3.70. The lowest BCUT2D eigenvalue weighted by Gasteiger charge is -2.27. The van der Waals surface area contributed by atoms with E-state index in [4.69, 9.17) is 13.9 Å². The number of nitrogens with zero attached hydrogens (tertiary/aromatic N) is 1. The molecular formula is C25H23NO6. The summed E-state index contributed by atoms with van der Waals surface area (Å²) in [6.07, 6.45) is 1.38. The maximum atomic E-state index is 13.2. The van der Waals surface area contributed by atoms with Crippen LogP contribution >= 0.6 is 0 Å². The average Bonchev–Trinajstić information content (AvgIpc) is 3.41. The molecule has 4 rings (SSSR count). The second kappa shape index (κ2) is 8.63. The molecule has 164 valence electrons. The standard InChI is InChI=1S/C25H23NO6/c1-15(2)32-19-10-6-16(7-11-19)22-21(23(27)20-5-4-14-31-20)24(28)25(29)26(22)17-8-12-18(30-3)13-9-17/h4-15,22,28H,1-3H3. The zero-order valence-electron chi connectivity index (χ0n) is 17.9. The Morgan fingerprint density at radius 2 is 1.69 bits per heavy atom. The first-order valence-electron chi connectivity index (χ1n) is 10.2. The van der Waals surface area contributed by atoms with Gasteiger partial charge in [0.2, 0.25) is 5.78 Å². The maximum Gasteiger partial charge on any atom is 0.294 e. The lowest BCUT2D eigenvalue weighted by Crippen LogP contribution is -2.31. The Morgan fingerprint density at radius 3 is 2.25 bits per heavy atom. The van der Waals surface area contributed by atoms with Gasteiger partial charge in [-0.1, -0.05) is 12.1 Å². The summed E-state index contributed by atoms with van der Waals surface area (Å²) in [6, 6.07) is 16.2. The number of carbonyl (C=O) groups is 2. The molecule has 7 heteroatoms. The van der Waals surface area contributed by atoms with Crippen molar-refractivity contribution in [1.82, 2.24) is 0 Å². The van der Waals surface area contributed by atoms with E-state index in [1.807, 2.05) is 13.8 Å². The van der Waals surface area contributed by atoms with Crippen LogP contribution in [0.1, 0.15) is 36.0 Å². The summed E-state index contributed by atoms with van der Waals surface area (Å²) in [7, 11) is 1.55. The number of Topliss-reactive ketones (excluding diaryl/α,β-unsaturated/α-hetero) is 1. The van der Waals surface area contributed by atoms with Gasteiger partial charge in [0.1, 0.15) is 11.5 Å². The van der Waals surface area contributed by atoms with Crippen LogP contribution in [-0.2, 0) is 4.79 Å². The molecule has 1 aliphatic heterocycles. The molecule has 32 heavy (non-hydrogen) atoms. The molecule has 1 amide bonds. The van der Waals surface area contributed by atoms with Gasteiger partial charge in [0.15, 0.2) is 11.5 Å². The number of anilines is 1. The Bertz CT molecular complexity index is 1140. The Kier molecular flexibility index (Phi) is 5.73. The third kappa shape index (κ3) is 3.85. The van der Waals surface area contributed by atoms with Crippen LogP contribution in [0.3, 0.4) is 0 Å². The zero-order chi connectivity index (χ0) is 22.8. The van der Waals surface area contributed by atoms with Crippen molar-refractivity contribution >= 4 is 17.4 Å². The number of ether oxygens (including phenoxy) is 2. The highest BCUT2D eigenvalue weighted by Gasteiger charge is 2.45. The zero-order valence-corrected chi connectivity index (χ0v) is 17.9. The Labute approximate surface area is 185 Å². The fourth-order valence-electron chi connectivity index (χ4n) is 3.70. The molecule has 2 heterocycles. The first kappa shape index (κ1) is 21.2. The molecule has 0 bridgehead atoms. The second-order valence-corrected chi connectivity index (χ2v) is 7.58. The summed E-state index contributed by atoms with van der Waals surface area (Å²) in [5.41, 5.74) is 1.11. The lowest BCUT2D eigenvalue weighted by atomic mass is 9.94. The molecule has 0 radical (unpaired) electrons. The molecule has 1 atom stereocenters. The van der Waals surface area contributed by atoms with E-state index in [1.165, 1.54) is 17.2 Å². The summed E-state index contributed by atoms with van der Waals surface area (Å²) in [5.74, 6) is -0.496. The number of methoxy groups -OCH3 is 1. The summed E-state index contributed by atoms with van der Waals surface area (Å²) >= 11 is 0. The molecule has 0 aliphatic carbocycles. The van der Waals surface area contributed by atoms with Crippen molar-refractivity contribution in [2.75, 3.05) is 12.0 Å². The maximum absolute atomic E-state index is 13.2. The van der Waals surface area contributed by atoms with Crippen molar-refractivity contribution in [1.29, 1.82) is 0 Å². The number of benzene rings is 2. The van der Waals surface area contributed by atoms with Crippen molar-refractivity contribution in [3.63, 3.8) is 0 Å². The van der Waals surface area contributed by atoms with Gasteiger partial charge in [-0.05, 0) is 67.9 Å². The van der Waals surface area contributed by atoms with Crippen LogP contribution in [0.4, 0.5) is 5.69 Å². The SMILES string of the molecule is COc1ccc(N2C(=O)C(O)=C(C(=O)c3ccco3)C2c2ccc(OC(C)C)cc2)cc1. The number of rotatable bonds is 7. The predicted octanol–water partition coefficient (Wildman–Crippen LogP) is 4.86. The summed E-state index contributed by atoms with van der Waals surface area (Å²) < 4.78 is 16.2. The minimum Gasteiger partial charge on any atom is -0.503 e. The largest absolute Gasteiger partial charge is 0.503 e. The number of aliphatic hydroxyl groups is 1. The fraction of sp³-hybridized carbons (Fsp3) is 0.200. The minimum absolute atomic E-state index is 0.00439. The molecule has 0 spiro atoms. The molecule has 1 N–H and O–H groups in total. The van der Waals surface area contributed by atoms with Gasteiger partial charge in [-0.2, -0.15) is 0 Å². The number of amides is 1. The molecule has 0 saturated heterocycles. The topological polar surface area (TPSA) is 89.2 Å². The van der Waals surface area contributed by atoms with Gasteiger partial charge in [-0.3, -0.25) is 14.5 Å². The summed E-state index contributed by atoms with van der Waals surface area (Å²) in [4.78, 5) is 27.7. The summed E-state index contributed by atoms with van der Waals surface area (Å²) in [6.45, 7) is 3.85. The summed E-state index contributed by atoms with van der Waals surface area (Å²) in [5, 5.41) is 10.7. The molecule has 2 aromatic carbocycles. The van der Waals surface area contributed by atoms with Crippen LogP contribution in [0, 0.1) is 0 Å². The lowest BCUT2D eigenvalue weighted by molar-refractivity contribution is -0.117. The van der Waals surface area contributed by atoms with Crippen molar-refractivity contribution < 1.29 is 28.6 Å². The average molecular weight is 433 g/mol. The van der Waals surface area contributed by atoms with E-state index in [-0.39, 0.29) is 17.4 Å². The molecule has 0 fully saturated rings. The Balaban J connectivity index is 1.81. The van der Waals surface area contributed by atoms with Crippen molar-refractivity contribution in [3.05, 3.63) is 89.6 Å². The highest BCUT2D eigenvalue weighted by Crippen LogP contribution is 2.42. The van der Waals surface area contributed by atoms with E-state index in [0.717, 1.165) is 0 Å². The number of ketones is 1. The van der Waals surface area contributed by atoms with E-state index in [1.54, 1.807) is 61.7 Å². The van der Waals surface area contributed by atoms with Crippen molar-refractivity contribution in [3.8, 4) is 11.5 Å². The van der Waals surface area contributed by atoms with Crippen LogP contribution < -0.4 is 14.4 Å². The van der Waals surface area contributed by atoms with Gasteiger partial charge in [-0.25, -0.2) is 0 Å². The van der Waals surface area contributed by atoms with Crippen LogP contribution in [0.15, 0.2) is 82.7 Å². The van der Waals surface area contributed by atoms with Crippen LogP contribution in [0.2, 0.25) is 0 Å². The van der Waals surface area contributed by atoms with Gasteiger partial charge in [0.05, 0.1) is 31.1 Å². The molecule has 0 saturated carbocycles. The monoisotopic (exact) mass is 433 g/mol. The second-order valence-electron chi connectivity index (χ2n) is 7.58. The van der Waals surface area contributed by atoms with Crippen molar-refractivity contribution in [2.24, 2.45) is 0 Å². The quantitative estimate of drug-likeness (QED) is 0.536. The third-order valence-corrected chi connectivity index (χ3v) is 5.12. The van der Waals surface area contributed by atoms with Crippen LogP contribution in [0.5, 0.6) is 11.5 Å². The van der Waals surface area contributed by atoms with Crippen LogP contribution in [-0.4, -0.2) is 30.0 Å². The normalized spacial score (nSPS) is 16.1. The van der Waals surface area contributed by atoms with Gasteiger partial charge in [-0.15, -0.1) is 0 Å². The molecule has 7 nitrogen and oxygen atoms in total. The number of hydrogen-bond acceptors (Lipinski definition) is 6. The van der Waals surface area contributed by atoms with E-state index in [0.29, 0.717) is 22.7 Å². The number of aliphatic hydroxyl groups excluding tert-OH is 1. The number of hydrogen-bond donors (Lipinski definition) is 1. The predicted molar refractivity (Wildman–Crippen MR) is 118 cm³/mol. The van der Waals surface area contributed by atoms with Gasteiger partial charge < -0.3 is 19.0 Å². The highest BCUT2D eigenvalue weighted by atomic mass is 16.5. The molecular weight excluding hydrogens is 410 g/mol. The van der Waals surface area contributed by atoms with Crippen molar-refractivity contribution in [2.45, 2.75) is 26.0 Å². The minimum atomic E-state index is -0.846. The molecule has 1 unspecified atom stereocenters. The smallest absolute Gasteiger partial charge is 0.294 e. The Morgan fingerprint density at radius 1 is 1.03 bits per heavy atom. The van der Waals surface area contributed by atoms with Gasteiger partial charge in [0, 0.05) is 5.69 Å². The number of carbonyl (C=O) groups excluding carboxylic acids is 2. The van der Waals surface area contributed by atoms with E-state index >= 15 is 0 Å². The molecule has 3 aromatic rings. The van der Waals surface area contributed by atoms with Gasteiger partial charge >= 0.3 is 0 Å². The first-order valence-corrected chi connectivity index (χ1v) is 10.2. The first-order chi connectivity index (χ1) is 15.4. The molecule has 1 aromatic heterocycles. The van der Waals surface area contributed by atoms with E-state index < -0.39 is 23.5 Å². The van der Waals surface area contributed by atoms with E-state index in [9.17, 15) is 14.7 Å². The highest BCUT2D eigenvalue weighted by molar-refractivity contribution is 6.20. The molecule has 1 aliphatic rings. The third-order valence-electron chi connectivity index (χ3n) is 5.12. The number of furan rings is 1.